The molecule has 0 aromatic carbocycles. The second-order valence-corrected chi connectivity index (χ2v) is 6.53. The van der Waals surface area contributed by atoms with Gasteiger partial charge >= 0.3 is 0 Å². The summed E-state index contributed by atoms with van der Waals surface area (Å²) in [6, 6.07) is 1.47. The monoisotopic (exact) mass is 281 g/mol. The number of ether oxygens (including phenoxy) is 1. The van der Waals surface area contributed by atoms with E-state index in [1.807, 2.05) is 11.3 Å². The van der Waals surface area contributed by atoms with E-state index in [0.29, 0.717) is 6.61 Å². The largest absolute Gasteiger partial charge is 0.378 e. The fourth-order valence-electron chi connectivity index (χ4n) is 2.34. The van der Waals surface area contributed by atoms with Crippen LogP contribution in [0.3, 0.4) is 0 Å². The summed E-state index contributed by atoms with van der Waals surface area (Å²) < 4.78 is 5.29. The first kappa shape index (κ1) is 13.3. The number of nitrogens with zero attached hydrogens (tertiary/aromatic N) is 2. The van der Waals surface area contributed by atoms with E-state index in [1.165, 1.54) is 35.7 Å². The van der Waals surface area contributed by atoms with Crippen LogP contribution in [0.15, 0.2) is 0 Å². The highest BCUT2D eigenvalue weighted by molar-refractivity contribution is 7.15. The Morgan fingerprint density at radius 1 is 1.37 bits per heavy atom. The summed E-state index contributed by atoms with van der Waals surface area (Å²) in [7, 11) is 1.75. The zero-order valence-electron chi connectivity index (χ0n) is 11.8. The third-order valence-corrected chi connectivity index (χ3v) is 4.89. The van der Waals surface area contributed by atoms with Crippen molar-refractivity contribution in [2.45, 2.75) is 57.8 Å². The van der Waals surface area contributed by atoms with Gasteiger partial charge in [0.15, 0.2) is 5.13 Å². The third kappa shape index (κ3) is 3.27. The molecule has 1 aromatic rings. The van der Waals surface area contributed by atoms with Crippen LogP contribution in [0.5, 0.6) is 0 Å². The van der Waals surface area contributed by atoms with Crippen LogP contribution in [0.2, 0.25) is 0 Å². The Hall–Kier alpha value is -0.650. The molecule has 5 heteroatoms. The predicted molar refractivity (Wildman–Crippen MR) is 78.7 cm³/mol. The Balaban J connectivity index is 1.73. The number of nitrogens with one attached hydrogen (secondary N) is 1. The molecule has 0 spiro atoms. The fraction of sp³-hybridized carbons (Fsp3) is 0.786. The topological polar surface area (TPSA) is 37.4 Å². The highest BCUT2D eigenvalue weighted by atomic mass is 32.1. The van der Waals surface area contributed by atoms with Crippen LogP contribution in [0.25, 0.3) is 0 Å². The van der Waals surface area contributed by atoms with Gasteiger partial charge in [-0.15, -0.1) is 11.3 Å². The molecule has 0 amide bonds. The van der Waals surface area contributed by atoms with Crippen molar-refractivity contribution < 1.29 is 4.74 Å². The lowest BCUT2D eigenvalue weighted by Gasteiger charge is -2.18. The molecular weight excluding hydrogens is 258 g/mol. The zero-order chi connectivity index (χ0) is 13.2. The van der Waals surface area contributed by atoms with Crippen LogP contribution in [0, 0.1) is 0 Å². The molecule has 0 radical (unpaired) electrons. The summed E-state index contributed by atoms with van der Waals surface area (Å²) in [5.41, 5.74) is 1.12. The van der Waals surface area contributed by atoms with Gasteiger partial charge in [-0.05, 0) is 32.6 Å². The molecule has 0 saturated heterocycles. The average Bonchev–Trinajstić information content (AvgIpc) is 3.29. The first-order valence-corrected chi connectivity index (χ1v) is 8.11. The van der Waals surface area contributed by atoms with Crippen LogP contribution in [-0.2, 0) is 17.9 Å². The minimum Gasteiger partial charge on any atom is -0.378 e. The first-order valence-electron chi connectivity index (χ1n) is 7.29. The number of methoxy groups -OCH3 is 1. The van der Waals surface area contributed by atoms with E-state index in [1.54, 1.807) is 7.11 Å². The molecule has 0 atom stereocenters. The Labute approximate surface area is 119 Å². The molecule has 19 heavy (non-hydrogen) atoms. The standard InChI is InChI=1S/C14H23N3OS/c1-3-17(11-6-7-11)14-16-12(9-18-2)13(19-14)8-15-10-4-5-10/h10-11,15H,3-9H2,1-2H3. The van der Waals surface area contributed by atoms with E-state index < -0.39 is 0 Å². The second kappa shape index (κ2) is 5.77. The van der Waals surface area contributed by atoms with Crippen LogP contribution in [0.4, 0.5) is 5.13 Å². The Bertz CT molecular complexity index is 426. The van der Waals surface area contributed by atoms with Crippen molar-refractivity contribution in [3.05, 3.63) is 10.6 Å². The van der Waals surface area contributed by atoms with Gasteiger partial charge in [-0.2, -0.15) is 0 Å². The van der Waals surface area contributed by atoms with Crippen LogP contribution >= 0.6 is 11.3 Å². The summed E-state index contributed by atoms with van der Waals surface area (Å²) >= 11 is 1.84. The molecule has 0 unspecified atom stereocenters. The summed E-state index contributed by atoms with van der Waals surface area (Å²) in [5.74, 6) is 0. The lowest BCUT2D eigenvalue weighted by molar-refractivity contribution is 0.181. The summed E-state index contributed by atoms with van der Waals surface area (Å²) in [6.45, 7) is 4.85. The Kier molecular flexibility index (Phi) is 4.05. The van der Waals surface area contributed by atoms with E-state index in [2.05, 4.69) is 17.1 Å². The van der Waals surface area contributed by atoms with Crippen molar-refractivity contribution in [2.24, 2.45) is 0 Å². The molecule has 2 aliphatic carbocycles. The van der Waals surface area contributed by atoms with Gasteiger partial charge in [0.05, 0.1) is 12.3 Å². The van der Waals surface area contributed by atoms with E-state index in [9.17, 15) is 0 Å². The smallest absolute Gasteiger partial charge is 0.186 e. The molecule has 106 valence electrons. The molecule has 2 aliphatic rings. The van der Waals surface area contributed by atoms with Gasteiger partial charge in [-0.25, -0.2) is 4.98 Å². The molecule has 0 bridgehead atoms. The molecule has 3 rings (SSSR count). The van der Waals surface area contributed by atoms with Crippen LogP contribution in [0.1, 0.15) is 43.2 Å². The normalized spacial score (nSPS) is 18.8. The molecule has 2 saturated carbocycles. The van der Waals surface area contributed by atoms with E-state index in [-0.39, 0.29) is 0 Å². The van der Waals surface area contributed by atoms with Gasteiger partial charge in [0.25, 0.3) is 0 Å². The molecule has 2 fully saturated rings. The number of rotatable bonds is 8. The predicted octanol–water partition coefficient (Wildman–Crippen LogP) is 2.53. The van der Waals surface area contributed by atoms with E-state index >= 15 is 0 Å². The van der Waals surface area contributed by atoms with Gasteiger partial charge in [0.1, 0.15) is 0 Å². The quantitative estimate of drug-likeness (QED) is 0.794. The van der Waals surface area contributed by atoms with Crippen molar-refractivity contribution in [2.75, 3.05) is 18.6 Å². The number of thiazole rings is 1. The second-order valence-electron chi connectivity index (χ2n) is 5.47. The number of hydrogen-bond acceptors (Lipinski definition) is 5. The summed E-state index contributed by atoms with van der Waals surface area (Å²) in [5, 5.41) is 4.77. The molecule has 4 nitrogen and oxygen atoms in total. The van der Waals surface area contributed by atoms with Gasteiger partial charge in [-0.3, -0.25) is 0 Å². The maximum Gasteiger partial charge on any atom is 0.186 e. The van der Waals surface area contributed by atoms with Crippen molar-refractivity contribution in [3.63, 3.8) is 0 Å². The molecule has 1 heterocycles. The molecular formula is C14H23N3OS. The molecule has 0 aliphatic heterocycles. The minimum absolute atomic E-state index is 0.625. The lowest BCUT2D eigenvalue weighted by Crippen LogP contribution is -2.24. The highest BCUT2D eigenvalue weighted by Crippen LogP contribution is 2.35. The van der Waals surface area contributed by atoms with Gasteiger partial charge in [0, 0.05) is 37.2 Å². The maximum atomic E-state index is 5.29. The van der Waals surface area contributed by atoms with E-state index in [4.69, 9.17) is 9.72 Å². The van der Waals surface area contributed by atoms with Crippen LogP contribution < -0.4 is 10.2 Å². The summed E-state index contributed by atoms with van der Waals surface area (Å²) in [6.07, 6.45) is 5.30. The molecule has 1 N–H and O–H groups in total. The fourth-order valence-corrected chi connectivity index (χ4v) is 3.49. The number of hydrogen-bond donors (Lipinski definition) is 1. The van der Waals surface area contributed by atoms with Crippen LogP contribution in [-0.4, -0.2) is 30.7 Å². The van der Waals surface area contributed by atoms with Gasteiger partial charge in [-0.1, -0.05) is 0 Å². The maximum absolute atomic E-state index is 5.29. The molecule has 1 aromatic heterocycles. The lowest BCUT2D eigenvalue weighted by atomic mass is 10.3. The minimum atomic E-state index is 0.625. The Morgan fingerprint density at radius 2 is 2.16 bits per heavy atom. The van der Waals surface area contributed by atoms with Crippen molar-refractivity contribution in [3.8, 4) is 0 Å². The number of anilines is 1. The number of aromatic nitrogens is 1. The summed E-state index contributed by atoms with van der Waals surface area (Å²) in [4.78, 5) is 8.61. The highest BCUT2D eigenvalue weighted by Gasteiger charge is 2.30. The zero-order valence-corrected chi connectivity index (χ0v) is 12.6. The average molecular weight is 281 g/mol. The SMILES string of the molecule is CCN(c1nc(COC)c(CNC2CC2)s1)C1CC1. The van der Waals surface area contributed by atoms with Crippen molar-refractivity contribution in [1.82, 2.24) is 10.3 Å². The Morgan fingerprint density at radius 3 is 2.74 bits per heavy atom. The first-order chi connectivity index (χ1) is 9.31. The van der Waals surface area contributed by atoms with Gasteiger partial charge in [0.2, 0.25) is 0 Å². The third-order valence-electron chi connectivity index (χ3n) is 3.75. The van der Waals surface area contributed by atoms with Crippen molar-refractivity contribution >= 4 is 16.5 Å². The van der Waals surface area contributed by atoms with Gasteiger partial charge < -0.3 is 15.0 Å². The van der Waals surface area contributed by atoms with Crippen molar-refractivity contribution in [1.29, 1.82) is 0 Å². The van der Waals surface area contributed by atoms with E-state index in [0.717, 1.165) is 30.9 Å².